The maximum atomic E-state index is 8.33. The Hall–Kier alpha value is 2.68. The van der Waals surface area contributed by atoms with Crippen LogP contribution in [-0.4, -0.2) is 45.5 Å². The Balaban J connectivity index is -0.00000000500. The van der Waals surface area contributed by atoms with Gasteiger partial charge in [-0.2, -0.15) is 0 Å². The van der Waals surface area contributed by atoms with Gasteiger partial charge in [0.1, 0.15) is 0 Å². The fourth-order valence-corrected chi connectivity index (χ4v) is 0. The van der Waals surface area contributed by atoms with E-state index in [4.69, 9.17) is 3.40 Å². The average Bonchev–Trinajstić information content (AvgIpc) is 1.00. The van der Waals surface area contributed by atoms with Gasteiger partial charge in [-0.15, -0.1) is 0 Å². The molecule has 0 aromatic carbocycles. The molecular weight excluding hydrogens is 335 g/mol. The van der Waals surface area contributed by atoms with E-state index in [1.54, 1.807) is 0 Å². The molecule has 0 fully saturated rings. The maximum absolute atomic E-state index is 8.33. The van der Waals surface area contributed by atoms with Gasteiger partial charge in [-0.25, -0.2) is 0 Å². The molecule has 4 heavy (non-hydrogen) atoms. The molecule has 0 bridgehead atoms. The summed E-state index contributed by atoms with van der Waals surface area (Å²) in [5.74, 6) is 0. The van der Waals surface area contributed by atoms with Gasteiger partial charge >= 0.3 is 68.7 Å². The monoisotopic (exact) mass is 338 g/mol. The van der Waals surface area contributed by atoms with Crippen LogP contribution in [0.2, 0.25) is 0 Å². The molecule has 0 N–H and O–H groups in total. The normalized spacial score (nSPS) is 1.00. The molecule has 0 saturated carbocycles. The largest absolute Gasteiger partial charge is 0 e. The van der Waals surface area contributed by atoms with Crippen LogP contribution in [0.3, 0.4) is 0 Å². The smallest absolute Gasteiger partial charge is 0 e. The Morgan fingerprint density at radius 3 is 1.25 bits per heavy atom. The van der Waals surface area contributed by atoms with Crippen molar-refractivity contribution in [3.8, 4) is 0 Å². The Morgan fingerprint density at radius 2 is 1.25 bits per heavy atom. The second-order valence-electron chi connectivity index (χ2n) is 0. The Morgan fingerprint density at radius 1 is 1.25 bits per heavy atom. The van der Waals surface area contributed by atoms with Crippen LogP contribution in [0.15, 0.2) is 0 Å². The quantitative estimate of drug-likeness (QED) is 0.516. The third-order valence-electron chi connectivity index (χ3n) is 0. The molecule has 0 aliphatic carbocycles. The zero-order valence-corrected chi connectivity index (χ0v) is 5.81. The van der Waals surface area contributed by atoms with Crippen LogP contribution < -0.4 is 0 Å². The van der Waals surface area contributed by atoms with Gasteiger partial charge in [0, 0.05) is 21.7 Å². The van der Waals surface area contributed by atoms with Crippen LogP contribution in [0, 0.1) is 0 Å². The van der Waals surface area contributed by atoms with Crippen molar-refractivity contribution in [2.24, 2.45) is 0 Å². The summed E-state index contributed by atoms with van der Waals surface area (Å²) in [7, 11) is 0. The van der Waals surface area contributed by atoms with Gasteiger partial charge in [-0.1, -0.05) is 0 Å². The van der Waals surface area contributed by atoms with Crippen molar-refractivity contribution >= 4 is 45.5 Å². The van der Waals surface area contributed by atoms with E-state index in [9.17, 15) is 0 Å². The number of rotatable bonds is 0. The van der Waals surface area contributed by atoms with Crippen LogP contribution >= 0.6 is 0 Å². The molecule has 1 nitrogen and oxygen atoms in total. The number of hydrogen-bond acceptors (Lipinski definition) is 1. The van der Waals surface area contributed by atoms with Crippen LogP contribution in [-0.2, 0) is 44.9 Å². The van der Waals surface area contributed by atoms with Gasteiger partial charge < -0.3 is 0 Å². The average molecular weight is 337 g/mol. The molecule has 0 unspecified atom stereocenters. The van der Waals surface area contributed by atoms with Gasteiger partial charge in [0.15, 0.2) is 0 Å². The van der Waals surface area contributed by atoms with E-state index >= 15 is 0 Å². The Labute approximate surface area is 88.3 Å². The second kappa shape index (κ2) is 17.3. The van der Waals surface area contributed by atoms with Crippen molar-refractivity contribution in [1.29, 1.82) is 0 Å². The summed E-state index contributed by atoms with van der Waals surface area (Å²) in [5.41, 5.74) is 0. The summed E-state index contributed by atoms with van der Waals surface area (Å²) in [6.07, 6.45) is 0. The molecular formula is H2OSrTiW. The van der Waals surface area contributed by atoms with E-state index in [1.807, 2.05) is 0 Å². The Bertz CT molecular complexity index is 8.00. The molecule has 0 aromatic rings. The molecule has 4 heteroatoms. The van der Waals surface area contributed by atoms with Crippen molar-refractivity contribution in [2.45, 2.75) is 0 Å². The van der Waals surface area contributed by atoms with Crippen molar-refractivity contribution in [3.63, 3.8) is 0 Å². The first kappa shape index (κ1) is 15.9. The number of hydrogen-bond donors (Lipinski definition) is 0. The first-order valence-corrected chi connectivity index (χ1v) is 1.36. The minimum absolute atomic E-state index is 0. The summed E-state index contributed by atoms with van der Waals surface area (Å²) in [4.78, 5) is 0. The third kappa shape index (κ3) is 8.82. The van der Waals surface area contributed by atoms with Gasteiger partial charge in [-0.05, 0) is 0 Å². The minimum atomic E-state index is 0. The van der Waals surface area contributed by atoms with Crippen molar-refractivity contribution in [1.82, 2.24) is 0 Å². The first-order chi connectivity index (χ1) is 1.00. The predicted octanol–water partition coefficient (Wildman–Crippen LogP) is -1.04. The standard InChI is InChI=1S/O.Sr.Ti.W.2H. The molecule has 0 aliphatic heterocycles. The minimum Gasteiger partial charge on any atom is 0 e. The van der Waals surface area contributed by atoms with Crippen LogP contribution in [0.1, 0.15) is 0 Å². The van der Waals surface area contributed by atoms with Crippen molar-refractivity contribution in [3.05, 3.63) is 0 Å². The van der Waals surface area contributed by atoms with Crippen LogP contribution in [0.25, 0.3) is 0 Å². The fourth-order valence-electron chi connectivity index (χ4n) is 0. The summed E-state index contributed by atoms with van der Waals surface area (Å²) < 4.78 is 8.33. The zero-order valence-electron chi connectivity index (χ0n) is 1.32. The van der Waals surface area contributed by atoms with E-state index in [0.29, 0.717) is 19.8 Å². The first-order valence-electron chi connectivity index (χ1n) is 0.167. The summed E-state index contributed by atoms with van der Waals surface area (Å²) in [5, 5.41) is 0. The molecule has 0 saturated heterocycles. The van der Waals surface area contributed by atoms with E-state index in [1.165, 1.54) is 0 Å². The maximum Gasteiger partial charge on any atom is 0 e. The fraction of sp³-hybridized carbons (Fsp3) is 0. The molecule has 0 atom stereocenters. The topological polar surface area (TPSA) is 17.1 Å². The summed E-state index contributed by atoms with van der Waals surface area (Å²) >= 11 is 0.333. The zero-order chi connectivity index (χ0) is 2.00. The molecule has 0 radical (unpaired) electrons. The molecule has 0 amide bonds. The molecule has 0 spiro atoms. The van der Waals surface area contributed by atoms with Crippen molar-refractivity contribution in [2.75, 3.05) is 0 Å². The summed E-state index contributed by atoms with van der Waals surface area (Å²) in [6.45, 7) is 0. The van der Waals surface area contributed by atoms with Gasteiger partial charge in [-0.3, -0.25) is 0 Å². The van der Waals surface area contributed by atoms with Gasteiger partial charge in [0.05, 0.1) is 0 Å². The van der Waals surface area contributed by atoms with Crippen LogP contribution in [0.4, 0.5) is 0 Å². The summed E-state index contributed by atoms with van der Waals surface area (Å²) in [6, 6.07) is 0. The van der Waals surface area contributed by atoms with E-state index in [2.05, 4.69) is 0 Å². The van der Waals surface area contributed by atoms with Crippen LogP contribution in [0.5, 0.6) is 0 Å². The Kier molecular flexibility index (Phi) is 68.9. The van der Waals surface area contributed by atoms with E-state index in [-0.39, 0.29) is 67.2 Å². The third-order valence-corrected chi connectivity index (χ3v) is 0. The predicted molar refractivity (Wildman–Crippen MR) is 9.23 cm³/mol. The van der Waals surface area contributed by atoms with E-state index in [0.717, 1.165) is 0 Å². The SMILES string of the molecule is [O]=[W].[SrH2].[Ti]. The molecule has 0 aliphatic rings. The molecule has 0 heterocycles. The molecule has 0 rings (SSSR count). The van der Waals surface area contributed by atoms with Gasteiger partial charge in [0.2, 0.25) is 0 Å². The van der Waals surface area contributed by atoms with E-state index < -0.39 is 0 Å². The molecule has 0 aromatic heterocycles. The van der Waals surface area contributed by atoms with Crippen molar-refractivity contribution < 1.29 is 44.9 Å². The molecule has 20 valence electrons. The van der Waals surface area contributed by atoms with Gasteiger partial charge in [0.25, 0.3) is 0 Å². The second-order valence-corrected chi connectivity index (χ2v) is 0.